The predicted octanol–water partition coefficient (Wildman–Crippen LogP) is 3.46. The molecule has 2 aromatic rings. The number of aromatic amines is 2. The van der Waals surface area contributed by atoms with E-state index in [1.807, 2.05) is 0 Å². The quantitative estimate of drug-likeness (QED) is 0.741. The SMILES string of the molecule is O=C(O)c1[nH]c(=S)[nH]c1-c1ccc(C(F)(F)F)cc1. The lowest BCUT2D eigenvalue weighted by atomic mass is 10.1. The van der Waals surface area contributed by atoms with Crippen LogP contribution in [0.4, 0.5) is 13.2 Å². The summed E-state index contributed by atoms with van der Waals surface area (Å²) in [6.45, 7) is 0. The molecule has 0 aliphatic heterocycles. The molecule has 4 nitrogen and oxygen atoms in total. The Kier molecular flexibility index (Phi) is 3.19. The average molecular weight is 288 g/mol. The third-order valence-corrected chi connectivity index (χ3v) is 2.65. The Balaban J connectivity index is 2.49. The van der Waals surface area contributed by atoms with Crippen molar-refractivity contribution in [2.45, 2.75) is 6.18 Å². The van der Waals surface area contributed by atoms with Crippen molar-refractivity contribution in [2.24, 2.45) is 0 Å². The molecule has 100 valence electrons. The van der Waals surface area contributed by atoms with Crippen LogP contribution in [0.5, 0.6) is 0 Å². The first kappa shape index (κ1) is 13.3. The first-order valence-electron chi connectivity index (χ1n) is 5.02. The van der Waals surface area contributed by atoms with Crippen molar-refractivity contribution < 1.29 is 23.1 Å². The molecule has 0 amide bonds. The summed E-state index contributed by atoms with van der Waals surface area (Å²) in [5.41, 5.74) is -0.545. The van der Waals surface area contributed by atoms with E-state index in [2.05, 4.69) is 9.97 Å². The Labute approximate surface area is 109 Å². The highest BCUT2D eigenvalue weighted by Crippen LogP contribution is 2.31. The standard InChI is InChI=1S/C11H7F3N2O2S/c12-11(13,14)6-3-1-5(2-4-6)7-8(9(17)18)16-10(19)15-7/h1-4H,(H,17,18)(H2,15,16,19). The number of imidazole rings is 1. The second kappa shape index (κ2) is 4.54. The van der Waals surface area contributed by atoms with Crippen LogP contribution in [0.1, 0.15) is 16.1 Å². The molecule has 0 saturated heterocycles. The largest absolute Gasteiger partial charge is 0.477 e. The van der Waals surface area contributed by atoms with Crippen LogP contribution in [0.3, 0.4) is 0 Å². The minimum atomic E-state index is -4.43. The van der Waals surface area contributed by atoms with Crippen molar-refractivity contribution in [1.29, 1.82) is 0 Å². The zero-order chi connectivity index (χ0) is 14.2. The van der Waals surface area contributed by atoms with Crippen LogP contribution >= 0.6 is 12.2 Å². The number of benzene rings is 1. The molecule has 0 spiro atoms. The molecule has 0 atom stereocenters. The smallest absolute Gasteiger partial charge is 0.416 e. The third kappa shape index (κ3) is 2.68. The van der Waals surface area contributed by atoms with E-state index in [-0.39, 0.29) is 16.2 Å². The van der Waals surface area contributed by atoms with Crippen molar-refractivity contribution in [3.05, 3.63) is 40.3 Å². The number of H-pyrrole nitrogens is 2. The zero-order valence-electron chi connectivity index (χ0n) is 9.21. The fourth-order valence-electron chi connectivity index (χ4n) is 1.59. The summed E-state index contributed by atoms with van der Waals surface area (Å²) in [4.78, 5) is 16.0. The normalized spacial score (nSPS) is 11.5. The van der Waals surface area contributed by atoms with Gasteiger partial charge in [-0.05, 0) is 24.4 Å². The van der Waals surface area contributed by atoms with Crippen LogP contribution in [-0.2, 0) is 6.18 Å². The van der Waals surface area contributed by atoms with Crippen molar-refractivity contribution in [2.75, 3.05) is 0 Å². The summed E-state index contributed by atoms with van der Waals surface area (Å²) in [5, 5.41) is 8.95. The van der Waals surface area contributed by atoms with E-state index in [0.717, 1.165) is 12.1 Å². The summed E-state index contributed by atoms with van der Waals surface area (Å²) < 4.78 is 37.3. The van der Waals surface area contributed by atoms with Gasteiger partial charge in [0.2, 0.25) is 0 Å². The maximum Gasteiger partial charge on any atom is 0.416 e. The third-order valence-electron chi connectivity index (χ3n) is 2.44. The molecule has 3 N–H and O–H groups in total. The minimum Gasteiger partial charge on any atom is -0.477 e. The van der Waals surface area contributed by atoms with Gasteiger partial charge in [-0.1, -0.05) is 12.1 Å². The van der Waals surface area contributed by atoms with Gasteiger partial charge < -0.3 is 15.1 Å². The molecule has 0 unspecified atom stereocenters. The average Bonchev–Trinajstić information content (AvgIpc) is 2.70. The number of aromatic carboxylic acids is 1. The van der Waals surface area contributed by atoms with E-state index in [1.54, 1.807) is 0 Å². The molecule has 8 heteroatoms. The number of carbonyl (C=O) groups is 1. The summed E-state index contributed by atoms with van der Waals surface area (Å²) >= 11 is 4.77. The van der Waals surface area contributed by atoms with Crippen molar-refractivity contribution in [3.8, 4) is 11.3 Å². The second-order valence-corrected chi connectivity index (χ2v) is 4.12. The molecule has 0 aliphatic carbocycles. The summed E-state index contributed by atoms with van der Waals surface area (Å²) in [6.07, 6.45) is -4.43. The van der Waals surface area contributed by atoms with Crippen LogP contribution < -0.4 is 0 Å². The van der Waals surface area contributed by atoms with Gasteiger partial charge in [-0.15, -0.1) is 0 Å². The lowest BCUT2D eigenvalue weighted by Gasteiger charge is -2.07. The van der Waals surface area contributed by atoms with Crippen LogP contribution in [0.2, 0.25) is 0 Å². The van der Waals surface area contributed by atoms with Crippen molar-refractivity contribution in [3.63, 3.8) is 0 Å². The fourth-order valence-corrected chi connectivity index (χ4v) is 1.79. The van der Waals surface area contributed by atoms with Gasteiger partial charge in [-0.25, -0.2) is 4.79 Å². The molecule has 2 rings (SSSR count). The Hall–Kier alpha value is -2.09. The number of carboxylic acid groups (broad SMARTS) is 1. The monoisotopic (exact) mass is 288 g/mol. The molecular weight excluding hydrogens is 281 g/mol. The van der Waals surface area contributed by atoms with Crippen LogP contribution in [0.25, 0.3) is 11.3 Å². The summed E-state index contributed by atoms with van der Waals surface area (Å²) in [6, 6.07) is 4.13. The van der Waals surface area contributed by atoms with E-state index in [4.69, 9.17) is 17.3 Å². The Bertz CT molecular complexity index is 670. The van der Waals surface area contributed by atoms with Crippen LogP contribution in [0.15, 0.2) is 24.3 Å². The minimum absolute atomic E-state index is 0.0901. The van der Waals surface area contributed by atoms with Gasteiger partial charge in [0.05, 0.1) is 11.3 Å². The molecule has 1 aromatic carbocycles. The van der Waals surface area contributed by atoms with Crippen molar-refractivity contribution in [1.82, 2.24) is 9.97 Å². The van der Waals surface area contributed by atoms with E-state index in [0.29, 0.717) is 5.56 Å². The van der Waals surface area contributed by atoms with Gasteiger partial charge in [0.15, 0.2) is 10.5 Å². The topological polar surface area (TPSA) is 68.9 Å². The van der Waals surface area contributed by atoms with E-state index >= 15 is 0 Å². The van der Waals surface area contributed by atoms with E-state index in [9.17, 15) is 18.0 Å². The summed E-state index contributed by atoms with van der Waals surface area (Å²) in [5.74, 6) is -1.25. The van der Waals surface area contributed by atoms with Gasteiger partial charge in [0.1, 0.15) is 0 Å². The lowest BCUT2D eigenvalue weighted by molar-refractivity contribution is -0.137. The predicted molar refractivity (Wildman–Crippen MR) is 63.4 cm³/mol. The molecule has 1 aromatic heterocycles. The molecule has 0 fully saturated rings. The highest BCUT2D eigenvalue weighted by atomic mass is 32.1. The summed E-state index contributed by atoms with van der Waals surface area (Å²) in [7, 11) is 0. The van der Waals surface area contributed by atoms with Crippen LogP contribution in [0, 0.1) is 4.77 Å². The maximum atomic E-state index is 12.4. The second-order valence-electron chi connectivity index (χ2n) is 3.71. The number of rotatable bonds is 2. The fraction of sp³-hybridized carbons (Fsp3) is 0.0909. The zero-order valence-corrected chi connectivity index (χ0v) is 10.0. The van der Waals surface area contributed by atoms with E-state index < -0.39 is 17.7 Å². The highest BCUT2D eigenvalue weighted by Gasteiger charge is 2.30. The first-order chi connectivity index (χ1) is 8.79. The van der Waals surface area contributed by atoms with Crippen LogP contribution in [-0.4, -0.2) is 21.0 Å². The number of hydrogen-bond acceptors (Lipinski definition) is 2. The number of halogens is 3. The van der Waals surface area contributed by atoms with Gasteiger partial charge in [0.25, 0.3) is 0 Å². The number of hydrogen-bond donors (Lipinski definition) is 3. The maximum absolute atomic E-state index is 12.4. The van der Waals surface area contributed by atoms with Crippen molar-refractivity contribution >= 4 is 18.2 Å². The molecule has 0 saturated carbocycles. The van der Waals surface area contributed by atoms with Gasteiger partial charge in [-0.2, -0.15) is 13.2 Å². The Morgan fingerprint density at radius 3 is 2.21 bits per heavy atom. The number of carboxylic acids is 1. The van der Waals surface area contributed by atoms with Gasteiger partial charge >= 0.3 is 12.1 Å². The highest BCUT2D eigenvalue weighted by molar-refractivity contribution is 7.71. The number of alkyl halides is 3. The number of nitrogens with one attached hydrogen (secondary N) is 2. The Morgan fingerprint density at radius 1 is 1.16 bits per heavy atom. The lowest BCUT2D eigenvalue weighted by Crippen LogP contribution is -2.04. The molecule has 0 aliphatic rings. The van der Waals surface area contributed by atoms with Gasteiger partial charge in [-0.3, -0.25) is 0 Å². The molecule has 0 radical (unpaired) electrons. The van der Waals surface area contributed by atoms with E-state index in [1.165, 1.54) is 12.1 Å². The molecule has 1 heterocycles. The molecule has 0 bridgehead atoms. The molecule has 19 heavy (non-hydrogen) atoms. The molecular formula is C11H7F3N2O2S. The number of aromatic nitrogens is 2. The Morgan fingerprint density at radius 2 is 1.74 bits per heavy atom. The van der Waals surface area contributed by atoms with Gasteiger partial charge in [0, 0.05) is 5.56 Å². The first-order valence-corrected chi connectivity index (χ1v) is 5.43.